The molecule has 4 aromatic rings. The standard InChI is InChI=1S/C26H23O4P/c1-20-10-9-15-26(21(20)2)22-16-18-25(19-17-22)30-31(27,28-23-11-5-3-6-12-23)29-24-13-7-4-8-14-24/h3-19H,1-2H3. The third-order valence-corrected chi connectivity index (χ3v) is 6.21. The lowest BCUT2D eigenvalue weighted by Crippen LogP contribution is -2.07. The Bertz CT molecular complexity index is 1140. The van der Waals surface area contributed by atoms with Crippen LogP contribution in [0.3, 0.4) is 0 Å². The maximum Gasteiger partial charge on any atom is 0.647 e. The van der Waals surface area contributed by atoms with Crippen molar-refractivity contribution in [1.29, 1.82) is 0 Å². The summed E-state index contributed by atoms with van der Waals surface area (Å²) < 4.78 is 30.6. The second-order valence-corrected chi connectivity index (χ2v) is 8.56. The summed E-state index contributed by atoms with van der Waals surface area (Å²) in [6.07, 6.45) is 0. The molecule has 0 saturated heterocycles. The Morgan fingerprint density at radius 1 is 0.548 bits per heavy atom. The summed E-state index contributed by atoms with van der Waals surface area (Å²) in [5, 5.41) is 0. The number of para-hydroxylation sites is 2. The van der Waals surface area contributed by atoms with Gasteiger partial charge in [-0.15, -0.1) is 0 Å². The summed E-state index contributed by atoms with van der Waals surface area (Å²) in [6, 6.07) is 31.3. The molecule has 5 heteroatoms. The molecule has 4 rings (SSSR count). The SMILES string of the molecule is Cc1cccc(-c2ccc(OP(=O)(Oc3ccccc3)Oc3ccccc3)cc2)c1C. The van der Waals surface area contributed by atoms with Gasteiger partial charge in [-0.3, -0.25) is 0 Å². The molecule has 31 heavy (non-hydrogen) atoms. The van der Waals surface area contributed by atoms with E-state index in [1.54, 1.807) is 60.7 Å². The van der Waals surface area contributed by atoms with Crippen LogP contribution >= 0.6 is 7.82 Å². The number of hydrogen-bond acceptors (Lipinski definition) is 4. The van der Waals surface area contributed by atoms with Gasteiger partial charge in [0.05, 0.1) is 0 Å². The molecule has 156 valence electrons. The highest BCUT2D eigenvalue weighted by molar-refractivity contribution is 7.49. The zero-order valence-corrected chi connectivity index (χ0v) is 18.3. The minimum atomic E-state index is -3.99. The van der Waals surface area contributed by atoms with Crippen molar-refractivity contribution in [2.75, 3.05) is 0 Å². The van der Waals surface area contributed by atoms with E-state index in [0.29, 0.717) is 17.2 Å². The van der Waals surface area contributed by atoms with E-state index >= 15 is 0 Å². The van der Waals surface area contributed by atoms with Crippen molar-refractivity contribution in [3.8, 4) is 28.4 Å². The molecule has 0 N–H and O–H groups in total. The fraction of sp³-hybridized carbons (Fsp3) is 0.0769. The van der Waals surface area contributed by atoms with Crippen LogP contribution in [-0.4, -0.2) is 0 Å². The van der Waals surface area contributed by atoms with Crippen LogP contribution in [-0.2, 0) is 4.57 Å². The third kappa shape index (κ3) is 5.17. The predicted molar refractivity (Wildman–Crippen MR) is 124 cm³/mol. The van der Waals surface area contributed by atoms with Crippen molar-refractivity contribution in [2.45, 2.75) is 13.8 Å². The first-order chi connectivity index (χ1) is 15.0. The van der Waals surface area contributed by atoms with Gasteiger partial charge in [0.15, 0.2) is 0 Å². The zero-order valence-electron chi connectivity index (χ0n) is 17.4. The fourth-order valence-corrected chi connectivity index (χ4v) is 4.42. The molecule has 0 amide bonds. The van der Waals surface area contributed by atoms with E-state index in [9.17, 15) is 4.57 Å². The van der Waals surface area contributed by atoms with Gasteiger partial charge in [0.1, 0.15) is 17.2 Å². The third-order valence-electron chi connectivity index (χ3n) is 4.91. The van der Waals surface area contributed by atoms with Gasteiger partial charge in [0, 0.05) is 0 Å². The molecular weight excluding hydrogens is 407 g/mol. The second-order valence-electron chi connectivity index (χ2n) is 7.12. The minimum Gasteiger partial charge on any atom is -0.386 e. The molecule has 0 heterocycles. The van der Waals surface area contributed by atoms with E-state index in [1.165, 1.54) is 11.1 Å². The molecule has 4 aromatic carbocycles. The molecule has 0 saturated carbocycles. The number of phosphoric ester groups is 1. The Kier molecular flexibility index (Phi) is 6.11. The predicted octanol–water partition coefficient (Wildman–Crippen LogP) is 7.62. The van der Waals surface area contributed by atoms with Crippen molar-refractivity contribution in [2.24, 2.45) is 0 Å². The fourth-order valence-electron chi connectivity index (χ4n) is 3.17. The Balaban J connectivity index is 1.60. The molecule has 0 bridgehead atoms. The van der Waals surface area contributed by atoms with Gasteiger partial charge >= 0.3 is 7.82 Å². The molecule has 0 aliphatic rings. The van der Waals surface area contributed by atoms with E-state index in [2.05, 4.69) is 26.0 Å². The number of benzene rings is 4. The van der Waals surface area contributed by atoms with Crippen LogP contribution in [0.25, 0.3) is 11.1 Å². The summed E-state index contributed by atoms with van der Waals surface area (Å²) in [7, 11) is -3.99. The molecule has 4 nitrogen and oxygen atoms in total. The first-order valence-electron chi connectivity index (χ1n) is 9.98. The van der Waals surface area contributed by atoms with Crippen molar-refractivity contribution < 1.29 is 18.1 Å². The van der Waals surface area contributed by atoms with Crippen LogP contribution in [0.2, 0.25) is 0 Å². The van der Waals surface area contributed by atoms with Crippen LogP contribution in [0.1, 0.15) is 11.1 Å². The van der Waals surface area contributed by atoms with Crippen LogP contribution in [0.4, 0.5) is 0 Å². The topological polar surface area (TPSA) is 44.8 Å². The smallest absolute Gasteiger partial charge is 0.386 e. The van der Waals surface area contributed by atoms with Gasteiger partial charge in [0.25, 0.3) is 0 Å². The normalized spacial score (nSPS) is 11.0. The molecular formula is C26H23O4P. The average Bonchev–Trinajstić information content (AvgIpc) is 2.77. The van der Waals surface area contributed by atoms with Gasteiger partial charge < -0.3 is 13.6 Å². The van der Waals surface area contributed by atoms with E-state index in [-0.39, 0.29) is 0 Å². The second kappa shape index (κ2) is 9.11. The maximum atomic E-state index is 13.5. The molecule has 0 atom stereocenters. The van der Waals surface area contributed by atoms with E-state index < -0.39 is 7.82 Å². The van der Waals surface area contributed by atoms with Crippen molar-refractivity contribution in [1.82, 2.24) is 0 Å². The number of hydrogen-bond donors (Lipinski definition) is 0. The minimum absolute atomic E-state index is 0.393. The summed E-state index contributed by atoms with van der Waals surface area (Å²) in [5.41, 5.74) is 4.66. The quantitative estimate of drug-likeness (QED) is 0.283. The lowest BCUT2D eigenvalue weighted by atomic mass is 9.97. The first kappa shape index (κ1) is 20.8. The van der Waals surface area contributed by atoms with Crippen LogP contribution in [0.5, 0.6) is 17.2 Å². The highest BCUT2D eigenvalue weighted by Gasteiger charge is 2.33. The van der Waals surface area contributed by atoms with Gasteiger partial charge in [-0.25, -0.2) is 0 Å². The Morgan fingerprint density at radius 2 is 1.03 bits per heavy atom. The molecule has 0 aliphatic heterocycles. The molecule has 0 spiro atoms. The first-order valence-corrected chi connectivity index (χ1v) is 11.4. The van der Waals surface area contributed by atoms with Crippen molar-refractivity contribution >= 4 is 7.82 Å². The molecule has 0 aromatic heterocycles. The lowest BCUT2D eigenvalue weighted by molar-refractivity contribution is 0.298. The van der Waals surface area contributed by atoms with Gasteiger partial charge in [-0.05, 0) is 72.5 Å². The van der Waals surface area contributed by atoms with Gasteiger partial charge in [-0.2, -0.15) is 4.57 Å². The zero-order chi connectivity index (χ0) is 21.7. The highest BCUT2D eigenvalue weighted by Crippen LogP contribution is 2.49. The lowest BCUT2D eigenvalue weighted by Gasteiger charge is -2.19. The van der Waals surface area contributed by atoms with E-state index in [4.69, 9.17) is 13.6 Å². The molecule has 0 unspecified atom stereocenters. The van der Waals surface area contributed by atoms with Crippen LogP contribution in [0.15, 0.2) is 103 Å². The summed E-state index contributed by atoms with van der Waals surface area (Å²) >= 11 is 0. The number of aryl methyl sites for hydroxylation is 1. The van der Waals surface area contributed by atoms with E-state index in [1.807, 2.05) is 30.3 Å². The summed E-state index contributed by atoms with van der Waals surface area (Å²) in [6.45, 7) is 4.19. The molecule has 0 aliphatic carbocycles. The van der Waals surface area contributed by atoms with Gasteiger partial charge in [0.2, 0.25) is 0 Å². The van der Waals surface area contributed by atoms with Crippen molar-refractivity contribution in [3.63, 3.8) is 0 Å². The van der Waals surface area contributed by atoms with E-state index in [0.717, 1.165) is 11.1 Å². The van der Waals surface area contributed by atoms with Gasteiger partial charge in [-0.1, -0.05) is 66.7 Å². The molecule has 0 fully saturated rings. The highest BCUT2D eigenvalue weighted by atomic mass is 31.2. The maximum absolute atomic E-state index is 13.5. The Labute approximate surface area is 182 Å². The van der Waals surface area contributed by atoms with Crippen LogP contribution < -0.4 is 13.6 Å². The number of phosphoric acid groups is 1. The Morgan fingerprint density at radius 3 is 1.55 bits per heavy atom. The largest absolute Gasteiger partial charge is 0.647 e. The van der Waals surface area contributed by atoms with Crippen molar-refractivity contribution in [3.05, 3.63) is 114 Å². The molecule has 0 radical (unpaired) electrons. The summed E-state index contributed by atoms with van der Waals surface area (Å²) in [5.74, 6) is 1.19. The monoisotopic (exact) mass is 430 g/mol. The van der Waals surface area contributed by atoms with Crippen LogP contribution in [0, 0.1) is 13.8 Å². The Hall–Kier alpha value is -3.49. The summed E-state index contributed by atoms with van der Waals surface area (Å²) in [4.78, 5) is 0. The average molecular weight is 430 g/mol. The number of rotatable bonds is 7.